The van der Waals surface area contributed by atoms with Gasteiger partial charge in [0.1, 0.15) is 11.1 Å². The van der Waals surface area contributed by atoms with Crippen molar-refractivity contribution in [2.45, 2.75) is 54.1 Å². The number of rotatable bonds is 6. The van der Waals surface area contributed by atoms with Gasteiger partial charge in [-0.2, -0.15) is 5.10 Å². The molecule has 0 unspecified atom stereocenters. The van der Waals surface area contributed by atoms with E-state index in [1.807, 2.05) is 63.0 Å². The Balaban J connectivity index is 0.000000694. The third-order valence-corrected chi connectivity index (χ3v) is 5.74. The van der Waals surface area contributed by atoms with E-state index in [0.29, 0.717) is 41.6 Å². The lowest BCUT2D eigenvalue weighted by Gasteiger charge is -2.10. The maximum absolute atomic E-state index is 13.2. The van der Waals surface area contributed by atoms with E-state index in [2.05, 4.69) is 36.7 Å². The molecule has 9 heteroatoms. The molecule has 0 bridgehead atoms. The van der Waals surface area contributed by atoms with Gasteiger partial charge < -0.3 is 9.55 Å². The summed E-state index contributed by atoms with van der Waals surface area (Å²) in [5.74, 6) is 1.05. The van der Waals surface area contributed by atoms with Gasteiger partial charge in [0.15, 0.2) is 11.5 Å². The molecule has 0 radical (unpaired) electrons. The summed E-state index contributed by atoms with van der Waals surface area (Å²) >= 11 is 0. The normalized spacial score (nSPS) is 10.9. The van der Waals surface area contributed by atoms with Crippen molar-refractivity contribution in [1.82, 2.24) is 33.4 Å². The number of nitrogens with zero attached hydrogens (tertiary/aromatic N) is 6. The van der Waals surface area contributed by atoms with Crippen LogP contribution in [0.3, 0.4) is 0 Å². The summed E-state index contributed by atoms with van der Waals surface area (Å²) in [7, 11) is 3.40. The summed E-state index contributed by atoms with van der Waals surface area (Å²) in [6, 6.07) is 2.04. The van der Waals surface area contributed by atoms with E-state index in [1.54, 1.807) is 15.4 Å². The monoisotopic (exact) mass is 491 g/mol. The fourth-order valence-corrected chi connectivity index (χ4v) is 3.72. The molecular formula is C27H37N7O2. The standard InChI is InChI=1S/C21H27N7O2.C4H8.C2H2/c1-13(2)6-8-27-18-16(20(29)26(5)21(27)30)17(19-22-7-9-25(19)4)28(24-18)12-15-10-14(3)23-11-15;1-3-4-2;1-2/h7,9-11,13,23H,6,8,12H2,1-5H3;3-4H,1-2H3;1-2H/b;4-3-;. The van der Waals surface area contributed by atoms with Crippen LogP contribution < -0.4 is 11.2 Å². The number of fused-ring (bicyclic) bond motifs is 1. The van der Waals surface area contributed by atoms with Crippen LogP contribution in [0.25, 0.3) is 22.6 Å². The first-order chi connectivity index (χ1) is 17.2. The molecule has 4 heterocycles. The second kappa shape index (κ2) is 12.6. The van der Waals surface area contributed by atoms with Crippen LogP contribution in [0.4, 0.5) is 0 Å². The topological polar surface area (TPSA) is 95.4 Å². The van der Waals surface area contributed by atoms with Gasteiger partial charge in [0.2, 0.25) is 0 Å². The summed E-state index contributed by atoms with van der Waals surface area (Å²) in [5, 5.41) is 5.17. The minimum absolute atomic E-state index is 0.346. The van der Waals surface area contributed by atoms with Crippen molar-refractivity contribution in [3.8, 4) is 24.4 Å². The summed E-state index contributed by atoms with van der Waals surface area (Å²) in [6.07, 6.45) is 18.3. The highest BCUT2D eigenvalue weighted by atomic mass is 16.2. The third kappa shape index (κ3) is 5.95. The Morgan fingerprint density at radius 3 is 2.31 bits per heavy atom. The number of aryl methyl sites for hydroxylation is 3. The highest BCUT2D eigenvalue weighted by molar-refractivity contribution is 5.89. The van der Waals surface area contributed by atoms with Gasteiger partial charge in [0, 0.05) is 44.9 Å². The van der Waals surface area contributed by atoms with Crippen molar-refractivity contribution in [2.75, 3.05) is 0 Å². The number of imidazole rings is 1. The van der Waals surface area contributed by atoms with Crippen molar-refractivity contribution in [2.24, 2.45) is 20.0 Å². The molecule has 4 rings (SSSR count). The maximum Gasteiger partial charge on any atom is 0.332 e. The smallest absolute Gasteiger partial charge is 0.332 e. The fourth-order valence-electron chi connectivity index (χ4n) is 3.72. The summed E-state index contributed by atoms with van der Waals surface area (Å²) in [6.45, 7) is 11.2. The van der Waals surface area contributed by atoms with Crippen LogP contribution in [0, 0.1) is 25.7 Å². The zero-order chi connectivity index (χ0) is 27.0. The van der Waals surface area contributed by atoms with Gasteiger partial charge in [-0.1, -0.05) is 26.0 Å². The minimum Gasteiger partial charge on any atom is -0.365 e. The van der Waals surface area contributed by atoms with E-state index in [9.17, 15) is 9.59 Å². The van der Waals surface area contributed by atoms with E-state index in [0.717, 1.165) is 17.7 Å². The van der Waals surface area contributed by atoms with Crippen LogP contribution in [0.5, 0.6) is 0 Å². The average Bonchev–Trinajstić information content (AvgIpc) is 3.57. The molecule has 0 fully saturated rings. The molecule has 0 saturated heterocycles. The Kier molecular flexibility index (Phi) is 9.85. The largest absolute Gasteiger partial charge is 0.365 e. The average molecular weight is 492 g/mol. The van der Waals surface area contributed by atoms with Crippen molar-refractivity contribution in [3.63, 3.8) is 0 Å². The molecule has 1 N–H and O–H groups in total. The van der Waals surface area contributed by atoms with Gasteiger partial charge in [-0.05, 0) is 44.7 Å². The van der Waals surface area contributed by atoms with Crippen LogP contribution in [-0.2, 0) is 27.2 Å². The first kappa shape index (κ1) is 28.2. The van der Waals surface area contributed by atoms with Gasteiger partial charge in [-0.25, -0.2) is 9.78 Å². The predicted octanol–water partition coefficient (Wildman–Crippen LogP) is 3.86. The molecule has 0 amide bonds. The van der Waals surface area contributed by atoms with Crippen LogP contribution in [-0.4, -0.2) is 33.4 Å². The number of aromatic nitrogens is 7. The lowest BCUT2D eigenvalue weighted by atomic mass is 10.1. The number of hydrogen-bond acceptors (Lipinski definition) is 4. The molecule has 0 saturated carbocycles. The van der Waals surface area contributed by atoms with Gasteiger partial charge in [0.25, 0.3) is 5.56 Å². The molecule has 9 nitrogen and oxygen atoms in total. The number of H-pyrrole nitrogens is 1. The lowest BCUT2D eigenvalue weighted by molar-refractivity contribution is 0.498. The Hall–Kier alpha value is -4.06. The van der Waals surface area contributed by atoms with E-state index in [1.165, 1.54) is 11.6 Å². The molecule has 0 spiro atoms. The van der Waals surface area contributed by atoms with Crippen molar-refractivity contribution < 1.29 is 0 Å². The predicted molar refractivity (Wildman–Crippen MR) is 146 cm³/mol. The Bertz CT molecular complexity index is 1450. The van der Waals surface area contributed by atoms with E-state index >= 15 is 0 Å². The van der Waals surface area contributed by atoms with E-state index < -0.39 is 0 Å². The number of aromatic amines is 1. The molecule has 4 aromatic rings. The number of terminal acetylenes is 1. The highest BCUT2D eigenvalue weighted by Crippen LogP contribution is 2.26. The second-order valence-electron chi connectivity index (χ2n) is 8.91. The Morgan fingerprint density at radius 1 is 1.14 bits per heavy atom. The van der Waals surface area contributed by atoms with Crippen LogP contribution in [0.2, 0.25) is 0 Å². The maximum atomic E-state index is 13.2. The van der Waals surface area contributed by atoms with Crippen molar-refractivity contribution in [3.05, 3.63) is 68.9 Å². The van der Waals surface area contributed by atoms with E-state index in [4.69, 9.17) is 5.10 Å². The molecular weight excluding hydrogens is 454 g/mol. The highest BCUT2D eigenvalue weighted by Gasteiger charge is 2.24. The summed E-state index contributed by atoms with van der Waals surface area (Å²) in [5.41, 5.74) is 2.41. The molecule has 4 aromatic heterocycles. The summed E-state index contributed by atoms with van der Waals surface area (Å²) < 4.78 is 6.42. The lowest BCUT2D eigenvalue weighted by Crippen LogP contribution is -2.38. The molecule has 192 valence electrons. The fraction of sp³-hybridized carbons (Fsp3) is 0.407. The molecule has 0 aromatic carbocycles. The Labute approximate surface area is 212 Å². The number of nitrogens with one attached hydrogen (secondary N) is 1. The minimum atomic E-state index is -0.356. The van der Waals surface area contributed by atoms with Gasteiger partial charge in [-0.3, -0.25) is 18.6 Å². The zero-order valence-corrected chi connectivity index (χ0v) is 22.3. The molecule has 0 aliphatic heterocycles. The van der Waals surface area contributed by atoms with Crippen molar-refractivity contribution in [1.29, 1.82) is 0 Å². The SMILES string of the molecule is C#C.C/C=C\C.Cc1cc(Cn2nc3c(c2-c2nccn2C)c(=O)n(C)c(=O)n3CCC(C)C)c[nH]1. The van der Waals surface area contributed by atoms with Gasteiger partial charge >= 0.3 is 5.69 Å². The second-order valence-corrected chi connectivity index (χ2v) is 8.91. The molecule has 0 atom stereocenters. The van der Waals surface area contributed by atoms with Gasteiger partial charge in [0.05, 0.1) is 6.54 Å². The van der Waals surface area contributed by atoms with Crippen LogP contribution in [0.15, 0.2) is 46.4 Å². The first-order valence-corrected chi connectivity index (χ1v) is 11.9. The summed E-state index contributed by atoms with van der Waals surface area (Å²) in [4.78, 5) is 33.7. The number of allylic oxidation sites excluding steroid dienone is 2. The van der Waals surface area contributed by atoms with Gasteiger partial charge in [-0.15, -0.1) is 12.8 Å². The molecule has 0 aliphatic rings. The quantitative estimate of drug-likeness (QED) is 0.327. The van der Waals surface area contributed by atoms with Crippen LogP contribution >= 0.6 is 0 Å². The Morgan fingerprint density at radius 2 is 1.81 bits per heavy atom. The first-order valence-electron chi connectivity index (χ1n) is 11.9. The molecule has 0 aliphatic carbocycles. The number of hydrogen-bond donors (Lipinski definition) is 1. The zero-order valence-electron chi connectivity index (χ0n) is 22.3. The third-order valence-electron chi connectivity index (χ3n) is 5.74. The molecule has 36 heavy (non-hydrogen) atoms. The van der Waals surface area contributed by atoms with E-state index in [-0.39, 0.29) is 11.2 Å². The van der Waals surface area contributed by atoms with Crippen molar-refractivity contribution >= 4 is 11.0 Å². The van der Waals surface area contributed by atoms with Crippen LogP contribution in [0.1, 0.15) is 45.4 Å².